The van der Waals surface area contributed by atoms with Crippen molar-refractivity contribution >= 4 is 22.3 Å². The smallest absolute Gasteiger partial charge is 0.221 e. The quantitative estimate of drug-likeness (QED) is 0.430. The van der Waals surface area contributed by atoms with Crippen LogP contribution in [-0.2, 0) is 5.41 Å². The monoisotopic (exact) mass is 497 g/mol. The first-order valence-corrected chi connectivity index (χ1v) is 12.6. The molecule has 37 heavy (non-hydrogen) atoms. The van der Waals surface area contributed by atoms with Crippen LogP contribution in [0.4, 0.5) is 4.39 Å². The van der Waals surface area contributed by atoms with Gasteiger partial charge >= 0.3 is 0 Å². The number of rotatable bonds is 5. The van der Waals surface area contributed by atoms with Crippen molar-refractivity contribution in [3.63, 3.8) is 0 Å². The third-order valence-corrected chi connectivity index (χ3v) is 8.44. The molecule has 7 rings (SSSR count). The molecule has 0 spiro atoms. The average molecular weight is 498 g/mol. The lowest BCUT2D eigenvalue weighted by Gasteiger charge is -2.30. The van der Waals surface area contributed by atoms with Gasteiger partial charge in [0.2, 0.25) is 5.88 Å². The SMILES string of the molecule is COc1nccc2cc(C3=C4NC=C(N5CC[C@@H]6[C@H](C5)[C@@]6(CN)c5ccccc5F)N=C4NN3)ccc12. The van der Waals surface area contributed by atoms with Gasteiger partial charge in [-0.05, 0) is 53.5 Å². The van der Waals surface area contributed by atoms with Crippen LogP contribution in [0.1, 0.15) is 17.5 Å². The van der Waals surface area contributed by atoms with Gasteiger partial charge in [-0.1, -0.05) is 24.3 Å². The molecule has 8 nitrogen and oxygen atoms in total. The van der Waals surface area contributed by atoms with E-state index in [0.717, 1.165) is 64.5 Å². The Labute approximate surface area is 214 Å². The van der Waals surface area contributed by atoms with E-state index < -0.39 is 0 Å². The van der Waals surface area contributed by atoms with Crippen molar-refractivity contribution in [2.24, 2.45) is 22.6 Å². The number of hydrazine groups is 1. The summed E-state index contributed by atoms with van der Waals surface area (Å²) in [4.78, 5) is 11.5. The molecule has 1 saturated heterocycles. The summed E-state index contributed by atoms with van der Waals surface area (Å²) >= 11 is 0. The fraction of sp³-hybridized carbons (Fsp3) is 0.286. The molecule has 1 saturated carbocycles. The van der Waals surface area contributed by atoms with E-state index in [9.17, 15) is 4.39 Å². The Hall–Kier alpha value is -4.11. The van der Waals surface area contributed by atoms with Gasteiger partial charge in [-0.2, -0.15) is 0 Å². The van der Waals surface area contributed by atoms with Crippen molar-refractivity contribution in [3.8, 4) is 5.88 Å². The van der Waals surface area contributed by atoms with Crippen molar-refractivity contribution in [2.45, 2.75) is 11.8 Å². The van der Waals surface area contributed by atoms with Crippen molar-refractivity contribution < 1.29 is 9.13 Å². The van der Waals surface area contributed by atoms with Gasteiger partial charge in [-0.15, -0.1) is 0 Å². The van der Waals surface area contributed by atoms with Crippen LogP contribution in [-0.4, -0.2) is 42.5 Å². The molecule has 3 aromatic rings. The molecule has 0 unspecified atom stereocenters. The van der Waals surface area contributed by atoms with Gasteiger partial charge in [0.15, 0.2) is 5.84 Å². The van der Waals surface area contributed by atoms with E-state index in [1.165, 1.54) is 0 Å². The number of pyridine rings is 1. The molecular weight excluding hydrogens is 469 g/mol. The van der Waals surface area contributed by atoms with Gasteiger partial charge in [0.05, 0.1) is 12.8 Å². The van der Waals surface area contributed by atoms with Gasteiger partial charge in [0.25, 0.3) is 0 Å². The van der Waals surface area contributed by atoms with E-state index in [1.54, 1.807) is 25.4 Å². The maximum absolute atomic E-state index is 14.7. The van der Waals surface area contributed by atoms with Crippen LogP contribution in [0.5, 0.6) is 5.88 Å². The summed E-state index contributed by atoms with van der Waals surface area (Å²) in [7, 11) is 1.63. The fourth-order valence-electron chi connectivity index (χ4n) is 6.56. The second kappa shape index (κ2) is 8.21. The molecule has 1 aliphatic carbocycles. The first kappa shape index (κ1) is 22.1. The number of nitrogens with one attached hydrogen (secondary N) is 3. The molecule has 0 amide bonds. The van der Waals surface area contributed by atoms with Gasteiger partial charge in [0, 0.05) is 48.4 Å². The molecule has 3 atom stereocenters. The molecule has 5 N–H and O–H groups in total. The normalized spacial score (nSPS) is 25.9. The minimum atomic E-state index is -0.282. The number of methoxy groups -OCH3 is 1. The van der Waals surface area contributed by atoms with Crippen LogP contribution in [0, 0.1) is 17.7 Å². The minimum Gasteiger partial charge on any atom is -0.481 e. The largest absolute Gasteiger partial charge is 0.481 e. The first-order valence-electron chi connectivity index (χ1n) is 12.6. The molecule has 188 valence electrons. The van der Waals surface area contributed by atoms with Gasteiger partial charge in [-0.25, -0.2) is 14.4 Å². The number of piperidine rings is 1. The molecule has 2 fully saturated rings. The standard InChI is InChI=1S/C28H28FN7O/c1-37-27-18-7-6-17(12-16(18)8-10-31-27)24-25-26(35-34-24)33-23(13-32-25)36-11-9-19-21(14-36)28(19,15-30)20-4-2-3-5-22(20)29/h2-8,10,12-13,19,21,32H,9,11,14-15,30H2,1H3,(H2,33,34,35)/t19-,21+,28-/m1/s1. The summed E-state index contributed by atoms with van der Waals surface area (Å²) in [5.41, 5.74) is 16.1. The fourth-order valence-corrected chi connectivity index (χ4v) is 6.56. The lowest BCUT2D eigenvalue weighted by Crippen LogP contribution is -2.37. The summed E-state index contributed by atoms with van der Waals surface area (Å²) in [5, 5.41) is 5.46. The van der Waals surface area contributed by atoms with Crippen LogP contribution in [0.3, 0.4) is 0 Å². The second-order valence-electron chi connectivity index (χ2n) is 10.0. The predicted molar refractivity (Wildman–Crippen MR) is 140 cm³/mol. The number of nitrogens with two attached hydrogens (primary N) is 1. The van der Waals surface area contributed by atoms with Gasteiger partial charge in [0.1, 0.15) is 17.3 Å². The van der Waals surface area contributed by atoms with Crippen molar-refractivity contribution in [3.05, 3.63) is 89.4 Å². The molecule has 4 aliphatic rings. The number of amidine groups is 1. The molecule has 2 aromatic carbocycles. The average Bonchev–Trinajstić information content (AvgIpc) is 3.40. The highest BCUT2D eigenvalue weighted by molar-refractivity contribution is 6.09. The molecule has 1 aromatic heterocycles. The summed E-state index contributed by atoms with van der Waals surface area (Å²) in [6, 6.07) is 15.2. The molecule has 0 radical (unpaired) electrons. The number of fused-ring (bicyclic) bond motifs is 3. The second-order valence-corrected chi connectivity index (χ2v) is 10.0. The minimum absolute atomic E-state index is 0.153. The van der Waals surface area contributed by atoms with Crippen molar-refractivity contribution in [2.75, 3.05) is 26.7 Å². The third-order valence-electron chi connectivity index (χ3n) is 8.44. The van der Waals surface area contributed by atoms with E-state index in [0.29, 0.717) is 24.3 Å². The number of likely N-dealkylation sites (tertiary alicyclic amines) is 1. The van der Waals surface area contributed by atoms with E-state index in [1.807, 2.05) is 36.5 Å². The molecule has 9 heteroatoms. The summed E-state index contributed by atoms with van der Waals surface area (Å²) in [6.07, 6.45) is 4.67. The first-order chi connectivity index (χ1) is 18.1. The van der Waals surface area contributed by atoms with Crippen molar-refractivity contribution in [1.29, 1.82) is 0 Å². The Kier molecular flexibility index (Phi) is 4.91. The van der Waals surface area contributed by atoms with E-state index >= 15 is 0 Å². The number of nitrogens with zero attached hydrogens (tertiary/aromatic N) is 3. The van der Waals surface area contributed by atoms with Crippen LogP contribution >= 0.6 is 0 Å². The molecular formula is C28H28FN7O. The Morgan fingerprint density at radius 2 is 2.03 bits per heavy atom. The highest BCUT2D eigenvalue weighted by Gasteiger charge is 2.66. The van der Waals surface area contributed by atoms with Crippen LogP contribution in [0.15, 0.2) is 77.4 Å². The number of hydrogen-bond acceptors (Lipinski definition) is 8. The van der Waals surface area contributed by atoms with Crippen LogP contribution in [0.2, 0.25) is 0 Å². The number of halogens is 1. The Morgan fingerprint density at radius 1 is 1.14 bits per heavy atom. The summed E-state index contributed by atoms with van der Waals surface area (Å²) in [6.45, 7) is 2.13. The zero-order valence-corrected chi connectivity index (χ0v) is 20.5. The van der Waals surface area contributed by atoms with Gasteiger partial charge < -0.3 is 20.7 Å². The number of ether oxygens (including phenoxy) is 1. The zero-order chi connectivity index (χ0) is 25.1. The Bertz CT molecular complexity index is 1520. The number of aliphatic imine (C=N–C) groups is 1. The highest BCUT2D eigenvalue weighted by atomic mass is 19.1. The third kappa shape index (κ3) is 3.23. The zero-order valence-electron chi connectivity index (χ0n) is 20.5. The van der Waals surface area contributed by atoms with Gasteiger partial charge in [-0.3, -0.25) is 10.9 Å². The Morgan fingerprint density at radius 3 is 2.86 bits per heavy atom. The molecule has 0 bridgehead atoms. The van der Waals surface area contributed by atoms with E-state index in [-0.39, 0.29) is 11.2 Å². The molecule has 3 aliphatic heterocycles. The summed E-state index contributed by atoms with van der Waals surface area (Å²) < 4.78 is 20.1. The number of aromatic nitrogens is 1. The topological polar surface area (TPSA) is 99.8 Å². The number of hydrogen-bond donors (Lipinski definition) is 4. The van der Waals surface area contributed by atoms with E-state index in [4.69, 9.17) is 15.5 Å². The van der Waals surface area contributed by atoms with Crippen LogP contribution < -0.4 is 26.6 Å². The highest BCUT2D eigenvalue weighted by Crippen LogP contribution is 2.63. The van der Waals surface area contributed by atoms with Crippen LogP contribution in [0.25, 0.3) is 16.5 Å². The Balaban J connectivity index is 1.13. The predicted octanol–water partition coefficient (Wildman–Crippen LogP) is 2.81. The lowest BCUT2D eigenvalue weighted by molar-refractivity contribution is 0.269. The maximum atomic E-state index is 14.7. The number of benzene rings is 2. The van der Waals surface area contributed by atoms with E-state index in [2.05, 4.69) is 32.1 Å². The molecule has 4 heterocycles. The van der Waals surface area contributed by atoms with Crippen molar-refractivity contribution in [1.82, 2.24) is 26.1 Å². The maximum Gasteiger partial charge on any atom is 0.221 e. The summed E-state index contributed by atoms with van der Waals surface area (Å²) in [5.74, 6) is 2.80. The lowest BCUT2D eigenvalue weighted by atomic mass is 9.91.